The minimum Gasteiger partial charge on any atom is -0.322 e. The molecule has 0 unspecified atom stereocenters. The van der Waals surface area contributed by atoms with Crippen LogP contribution >= 0.6 is 28.8 Å². The van der Waals surface area contributed by atoms with Crippen molar-refractivity contribution in [2.45, 2.75) is 13.8 Å². The highest BCUT2D eigenvalue weighted by Gasteiger charge is 2.22. The van der Waals surface area contributed by atoms with Crippen molar-refractivity contribution in [3.8, 4) is 0 Å². The van der Waals surface area contributed by atoms with E-state index in [0.717, 1.165) is 9.94 Å². The molecule has 8 heteroatoms. The third kappa shape index (κ3) is 7.58. The van der Waals surface area contributed by atoms with Crippen molar-refractivity contribution in [3.63, 3.8) is 0 Å². The van der Waals surface area contributed by atoms with E-state index < -0.39 is 5.69 Å². The monoisotopic (exact) mass is 362 g/mol. The summed E-state index contributed by atoms with van der Waals surface area (Å²) in [6.07, 6.45) is 3.64. The maximum atomic E-state index is 5.59. The Kier molecular flexibility index (Phi) is 9.47. The number of hydrogen-bond acceptors (Lipinski definition) is 7. The van der Waals surface area contributed by atoms with Gasteiger partial charge in [-0.15, -0.1) is 16.9 Å². The van der Waals surface area contributed by atoms with Gasteiger partial charge in [0.1, 0.15) is 0 Å². The summed E-state index contributed by atoms with van der Waals surface area (Å²) in [5.74, 6) is 0. The summed E-state index contributed by atoms with van der Waals surface area (Å²) in [6.45, 7) is 4.87. The predicted molar refractivity (Wildman–Crippen MR) is 100 cm³/mol. The number of benzene rings is 1. The highest BCUT2D eigenvalue weighted by molar-refractivity contribution is 8.78. The first kappa shape index (κ1) is 18.9. The molecule has 1 aromatic carbocycles. The summed E-state index contributed by atoms with van der Waals surface area (Å²) in [6, 6.07) is 9.81. The average Bonchev–Trinajstić information content (AvgIpc) is 2.48. The maximum Gasteiger partial charge on any atom is 0.254 e. The van der Waals surface area contributed by atoms with Crippen molar-refractivity contribution >= 4 is 51.2 Å². The van der Waals surface area contributed by atoms with Crippen molar-refractivity contribution in [1.29, 1.82) is 0 Å². The molecule has 0 N–H and O–H groups in total. The fourth-order valence-corrected chi connectivity index (χ4v) is 7.67. The van der Waals surface area contributed by atoms with E-state index in [1.165, 1.54) is 23.1 Å². The topological polar surface area (TPSA) is 43.2 Å². The van der Waals surface area contributed by atoms with Gasteiger partial charge >= 0.3 is 0 Å². The third-order valence-electron chi connectivity index (χ3n) is 2.08. The smallest absolute Gasteiger partial charge is 0.254 e. The molecule has 116 valence electrons. The molecule has 0 spiro atoms. The van der Waals surface area contributed by atoms with E-state index in [1.807, 2.05) is 50.4 Å². The van der Waals surface area contributed by atoms with E-state index in [2.05, 4.69) is 10.2 Å². The Hall–Kier alpha value is -0.170. The Balaban J connectivity index is 2.75. The Morgan fingerprint density at radius 3 is 2.38 bits per heavy atom. The van der Waals surface area contributed by atoms with Crippen LogP contribution in [0.15, 0.2) is 40.5 Å². The summed E-state index contributed by atoms with van der Waals surface area (Å²) >= 11 is 8.31. The number of nitrogens with zero attached hydrogens (tertiary/aromatic N) is 2. The molecule has 0 fully saturated rings. The van der Waals surface area contributed by atoms with Crippen LogP contribution in [0.5, 0.6) is 0 Å². The second-order valence-electron chi connectivity index (χ2n) is 3.60. The Labute approximate surface area is 139 Å². The van der Waals surface area contributed by atoms with Crippen LogP contribution in [0.3, 0.4) is 0 Å². The molecule has 0 radical (unpaired) electrons. The molecule has 0 aromatic heterocycles. The van der Waals surface area contributed by atoms with Gasteiger partial charge in [-0.3, -0.25) is 0 Å². The lowest BCUT2D eigenvalue weighted by molar-refractivity contribution is 0.281. The van der Waals surface area contributed by atoms with Crippen molar-refractivity contribution in [3.05, 3.63) is 35.9 Å². The van der Waals surface area contributed by atoms with E-state index in [-0.39, 0.29) is 0 Å². The van der Waals surface area contributed by atoms with E-state index >= 15 is 0 Å². The largest absolute Gasteiger partial charge is 0.322 e. The second kappa shape index (κ2) is 10.5. The van der Waals surface area contributed by atoms with Crippen LogP contribution in [0.1, 0.15) is 19.4 Å². The normalized spacial score (nSPS) is 13.0. The average molecular weight is 362 g/mol. The highest BCUT2D eigenvalue weighted by atomic mass is 32.9. The van der Waals surface area contributed by atoms with Gasteiger partial charge in [-0.2, -0.15) is 5.10 Å². The van der Waals surface area contributed by atoms with Crippen molar-refractivity contribution in [2.24, 2.45) is 10.2 Å². The zero-order valence-electron chi connectivity index (χ0n) is 12.3. The van der Waals surface area contributed by atoms with Crippen LogP contribution in [0.25, 0.3) is 0 Å². The molecule has 0 saturated carbocycles. The quantitative estimate of drug-likeness (QED) is 0.302. The highest BCUT2D eigenvalue weighted by Crippen LogP contribution is 2.62. The van der Waals surface area contributed by atoms with E-state index in [4.69, 9.17) is 20.9 Å². The molecule has 4 nitrogen and oxygen atoms in total. The minimum absolute atomic E-state index is 0.527. The molecule has 21 heavy (non-hydrogen) atoms. The second-order valence-corrected chi connectivity index (χ2v) is 10.8. The Bertz CT molecular complexity index is 513. The van der Waals surface area contributed by atoms with Gasteiger partial charge in [-0.25, -0.2) is 0 Å². The van der Waals surface area contributed by atoms with Gasteiger partial charge in [-0.05, 0) is 48.9 Å². The van der Waals surface area contributed by atoms with Crippen molar-refractivity contribution in [2.75, 3.05) is 19.5 Å². The molecule has 0 saturated heterocycles. The molecule has 0 aliphatic heterocycles. The molecule has 0 aliphatic carbocycles. The Morgan fingerprint density at radius 1 is 1.24 bits per heavy atom. The predicted octanol–water partition coefficient (Wildman–Crippen LogP) is 4.77. The Morgan fingerprint density at radius 2 is 1.86 bits per heavy atom. The first-order chi connectivity index (χ1) is 10.1. The lowest BCUT2D eigenvalue weighted by Gasteiger charge is -2.19. The van der Waals surface area contributed by atoms with Gasteiger partial charge in [0.05, 0.1) is 19.4 Å². The van der Waals surface area contributed by atoms with E-state index in [1.54, 1.807) is 6.21 Å². The summed E-state index contributed by atoms with van der Waals surface area (Å²) in [5, 5.41) is 8.30. The van der Waals surface area contributed by atoms with Gasteiger partial charge in [-0.1, -0.05) is 30.3 Å². The molecule has 1 rings (SSSR count). The standard InChI is InChI=1S/C13H19N2O2PS3/c1-4-16-18(19,17-5-2)21-13(20-3)15-14-11-12-9-7-6-8-10-12/h6-11H,4-5H2,1-3H3/b14-11+,15-13-. The van der Waals surface area contributed by atoms with Gasteiger partial charge in [0.15, 0.2) is 4.38 Å². The zero-order valence-corrected chi connectivity index (χ0v) is 15.6. The first-order valence-corrected chi connectivity index (χ1v) is 11.7. The number of hydrogen-bond donors (Lipinski definition) is 0. The molecule has 0 atom stereocenters. The van der Waals surface area contributed by atoms with Crippen LogP contribution < -0.4 is 0 Å². The van der Waals surface area contributed by atoms with Crippen LogP contribution in [0.2, 0.25) is 0 Å². The van der Waals surface area contributed by atoms with E-state index in [9.17, 15) is 0 Å². The third-order valence-corrected chi connectivity index (χ3v) is 8.37. The lowest BCUT2D eigenvalue weighted by atomic mass is 10.2. The summed E-state index contributed by atoms with van der Waals surface area (Å²) in [5.41, 5.74) is -1.38. The summed E-state index contributed by atoms with van der Waals surface area (Å²) < 4.78 is 11.9. The van der Waals surface area contributed by atoms with Gasteiger partial charge < -0.3 is 9.05 Å². The van der Waals surface area contributed by atoms with Crippen LogP contribution in [0.4, 0.5) is 0 Å². The number of thioether (sulfide) groups is 1. The number of rotatable bonds is 7. The van der Waals surface area contributed by atoms with Gasteiger partial charge in [0.25, 0.3) is 5.69 Å². The van der Waals surface area contributed by atoms with Crippen molar-refractivity contribution in [1.82, 2.24) is 0 Å². The van der Waals surface area contributed by atoms with Gasteiger partial charge in [0, 0.05) is 0 Å². The molecule has 0 aliphatic rings. The van der Waals surface area contributed by atoms with E-state index in [0.29, 0.717) is 13.2 Å². The minimum atomic E-state index is -2.38. The molecule has 0 amide bonds. The fourth-order valence-electron chi connectivity index (χ4n) is 1.28. The maximum absolute atomic E-state index is 5.59. The molecule has 0 bridgehead atoms. The van der Waals surface area contributed by atoms with Crippen LogP contribution in [-0.4, -0.2) is 30.1 Å². The summed E-state index contributed by atoms with van der Waals surface area (Å²) in [4.78, 5) is 0. The SMILES string of the molecule is CCOP(=S)(OCC)S/C(=N\N=C\c1ccccc1)SC. The van der Waals surface area contributed by atoms with Crippen LogP contribution in [0, 0.1) is 0 Å². The zero-order chi connectivity index (χ0) is 15.6. The molecule has 0 heterocycles. The molecule has 1 aromatic rings. The lowest BCUT2D eigenvalue weighted by Crippen LogP contribution is -1.95. The first-order valence-electron chi connectivity index (χ1n) is 6.42. The van der Waals surface area contributed by atoms with Crippen LogP contribution in [-0.2, 0) is 20.9 Å². The van der Waals surface area contributed by atoms with Crippen molar-refractivity contribution < 1.29 is 9.05 Å². The van der Waals surface area contributed by atoms with Gasteiger partial charge in [0.2, 0.25) is 0 Å². The molecular weight excluding hydrogens is 343 g/mol. The summed E-state index contributed by atoms with van der Waals surface area (Å²) in [7, 11) is 0. The molecular formula is C13H19N2O2PS3. The fraction of sp³-hybridized carbons (Fsp3) is 0.385.